The van der Waals surface area contributed by atoms with Crippen LogP contribution < -0.4 is 10.1 Å². The molecule has 0 fully saturated rings. The molecule has 0 saturated heterocycles. The van der Waals surface area contributed by atoms with Gasteiger partial charge in [-0.1, -0.05) is 42.5 Å². The van der Waals surface area contributed by atoms with Crippen LogP contribution in [0.5, 0.6) is 5.75 Å². The zero-order chi connectivity index (χ0) is 13.7. The largest absolute Gasteiger partial charge is 0.496 e. The van der Waals surface area contributed by atoms with Gasteiger partial charge >= 0.3 is 0 Å². The summed E-state index contributed by atoms with van der Waals surface area (Å²) in [6.07, 6.45) is 0. The molecule has 0 saturated carbocycles. The average Bonchev–Trinajstić information content (AvgIpc) is 2.48. The van der Waals surface area contributed by atoms with E-state index in [0.29, 0.717) is 11.3 Å². The lowest BCUT2D eigenvalue weighted by molar-refractivity contribution is 0.0937. The van der Waals surface area contributed by atoms with E-state index < -0.39 is 0 Å². The maximum absolute atomic E-state index is 12.2. The van der Waals surface area contributed by atoms with Crippen molar-refractivity contribution in [1.29, 1.82) is 0 Å². The van der Waals surface area contributed by atoms with Crippen LogP contribution in [-0.4, -0.2) is 13.0 Å². The first-order valence-corrected chi connectivity index (χ1v) is 6.21. The summed E-state index contributed by atoms with van der Waals surface area (Å²) in [5, 5.41) is 2.97. The van der Waals surface area contributed by atoms with Crippen molar-refractivity contribution in [3.63, 3.8) is 0 Å². The van der Waals surface area contributed by atoms with E-state index in [0.717, 1.165) is 5.56 Å². The first kappa shape index (κ1) is 13.1. The van der Waals surface area contributed by atoms with Crippen molar-refractivity contribution in [2.45, 2.75) is 13.0 Å². The Balaban J connectivity index is 2.13. The summed E-state index contributed by atoms with van der Waals surface area (Å²) in [5.74, 6) is 0.453. The first-order valence-electron chi connectivity index (χ1n) is 6.21. The van der Waals surface area contributed by atoms with Gasteiger partial charge in [0.05, 0.1) is 18.7 Å². The maximum Gasteiger partial charge on any atom is 0.255 e. The quantitative estimate of drug-likeness (QED) is 0.911. The van der Waals surface area contributed by atoms with Gasteiger partial charge in [0.25, 0.3) is 5.91 Å². The third kappa shape index (κ3) is 3.13. The molecule has 0 aliphatic heterocycles. The third-order valence-corrected chi connectivity index (χ3v) is 3.00. The molecular formula is C16H17NO2. The zero-order valence-electron chi connectivity index (χ0n) is 11.1. The van der Waals surface area contributed by atoms with Crippen LogP contribution in [0, 0.1) is 0 Å². The molecule has 2 aromatic rings. The fraction of sp³-hybridized carbons (Fsp3) is 0.188. The molecule has 0 aliphatic rings. The summed E-state index contributed by atoms with van der Waals surface area (Å²) in [4.78, 5) is 12.2. The van der Waals surface area contributed by atoms with Gasteiger partial charge in [0.15, 0.2) is 0 Å². The Bertz CT molecular complexity index is 552. The number of benzene rings is 2. The van der Waals surface area contributed by atoms with Crippen LogP contribution in [0.3, 0.4) is 0 Å². The molecule has 3 heteroatoms. The average molecular weight is 255 g/mol. The number of rotatable bonds is 4. The number of carbonyl (C=O) groups is 1. The van der Waals surface area contributed by atoms with Crippen molar-refractivity contribution in [3.8, 4) is 5.75 Å². The van der Waals surface area contributed by atoms with Gasteiger partial charge in [-0.05, 0) is 24.6 Å². The minimum absolute atomic E-state index is 0.0430. The number of carbonyl (C=O) groups excluding carboxylic acids is 1. The standard InChI is InChI=1S/C16H17NO2/c1-12(13-8-4-3-5-9-13)17-16(18)14-10-6-7-11-15(14)19-2/h3-12H,1-2H3,(H,17,18)/t12-/m0/s1. The molecule has 98 valence electrons. The number of nitrogens with one attached hydrogen (secondary N) is 1. The van der Waals surface area contributed by atoms with Gasteiger partial charge in [-0.2, -0.15) is 0 Å². The number of amides is 1. The molecule has 0 spiro atoms. The second kappa shape index (κ2) is 6.05. The number of hydrogen-bond donors (Lipinski definition) is 1. The SMILES string of the molecule is COc1ccccc1C(=O)N[C@@H](C)c1ccccc1. The smallest absolute Gasteiger partial charge is 0.255 e. The molecule has 1 N–H and O–H groups in total. The summed E-state index contributed by atoms with van der Waals surface area (Å²) in [7, 11) is 1.56. The van der Waals surface area contributed by atoms with Crippen LogP contribution in [0.1, 0.15) is 28.9 Å². The highest BCUT2D eigenvalue weighted by Crippen LogP contribution is 2.19. The van der Waals surface area contributed by atoms with E-state index in [9.17, 15) is 4.79 Å². The molecule has 0 aliphatic carbocycles. The van der Waals surface area contributed by atoms with Gasteiger partial charge < -0.3 is 10.1 Å². The maximum atomic E-state index is 12.2. The van der Waals surface area contributed by atoms with Crippen molar-refractivity contribution in [3.05, 3.63) is 65.7 Å². The lowest BCUT2D eigenvalue weighted by Gasteiger charge is -2.15. The highest BCUT2D eigenvalue weighted by Gasteiger charge is 2.14. The van der Waals surface area contributed by atoms with Crippen molar-refractivity contribution >= 4 is 5.91 Å². The summed E-state index contributed by atoms with van der Waals surface area (Å²) in [6, 6.07) is 17.0. The third-order valence-electron chi connectivity index (χ3n) is 3.00. The summed E-state index contributed by atoms with van der Waals surface area (Å²) >= 11 is 0. The number of methoxy groups -OCH3 is 1. The van der Waals surface area contributed by atoms with Crippen molar-refractivity contribution < 1.29 is 9.53 Å². The van der Waals surface area contributed by atoms with Gasteiger partial charge in [0.1, 0.15) is 5.75 Å². The minimum Gasteiger partial charge on any atom is -0.496 e. The van der Waals surface area contributed by atoms with Crippen molar-refractivity contribution in [2.75, 3.05) is 7.11 Å². The molecule has 0 aromatic heterocycles. The van der Waals surface area contributed by atoms with E-state index >= 15 is 0 Å². The molecular weight excluding hydrogens is 238 g/mol. The van der Waals surface area contributed by atoms with Crippen LogP contribution in [0.25, 0.3) is 0 Å². The van der Waals surface area contributed by atoms with Gasteiger partial charge in [-0.3, -0.25) is 4.79 Å². The second-order valence-corrected chi connectivity index (χ2v) is 4.31. The van der Waals surface area contributed by atoms with Gasteiger partial charge in [0, 0.05) is 0 Å². The molecule has 2 rings (SSSR count). The lowest BCUT2D eigenvalue weighted by Crippen LogP contribution is -2.26. The Labute approximate surface area is 113 Å². The first-order chi connectivity index (χ1) is 9.22. The van der Waals surface area contributed by atoms with Crippen LogP contribution >= 0.6 is 0 Å². The monoisotopic (exact) mass is 255 g/mol. The summed E-state index contributed by atoms with van der Waals surface area (Å²) in [5.41, 5.74) is 1.62. The zero-order valence-corrected chi connectivity index (χ0v) is 11.1. The number of ether oxygens (including phenoxy) is 1. The molecule has 0 unspecified atom stereocenters. The Morgan fingerprint density at radius 2 is 1.68 bits per heavy atom. The molecule has 2 aromatic carbocycles. The van der Waals surface area contributed by atoms with E-state index in [4.69, 9.17) is 4.74 Å². The van der Waals surface area contributed by atoms with Crippen LogP contribution in [-0.2, 0) is 0 Å². The molecule has 0 radical (unpaired) electrons. The van der Waals surface area contributed by atoms with E-state index in [-0.39, 0.29) is 11.9 Å². The second-order valence-electron chi connectivity index (χ2n) is 4.31. The van der Waals surface area contributed by atoms with Crippen LogP contribution in [0.15, 0.2) is 54.6 Å². The summed E-state index contributed by atoms with van der Waals surface area (Å²) < 4.78 is 5.19. The van der Waals surface area contributed by atoms with Crippen molar-refractivity contribution in [1.82, 2.24) is 5.32 Å². The van der Waals surface area contributed by atoms with E-state index in [1.165, 1.54) is 0 Å². The van der Waals surface area contributed by atoms with E-state index in [1.807, 2.05) is 49.4 Å². The lowest BCUT2D eigenvalue weighted by atomic mass is 10.1. The molecule has 3 nitrogen and oxygen atoms in total. The van der Waals surface area contributed by atoms with Crippen LogP contribution in [0.4, 0.5) is 0 Å². The fourth-order valence-corrected chi connectivity index (χ4v) is 1.93. The molecule has 0 heterocycles. The Kier molecular flexibility index (Phi) is 4.18. The Morgan fingerprint density at radius 3 is 2.37 bits per heavy atom. The van der Waals surface area contributed by atoms with Gasteiger partial charge in [0.2, 0.25) is 0 Å². The van der Waals surface area contributed by atoms with E-state index in [2.05, 4.69) is 5.32 Å². The Hall–Kier alpha value is -2.29. The Morgan fingerprint density at radius 1 is 1.05 bits per heavy atom. The van der Waals surface area contributed by atoms with Crippen LogP contribution in [0.2, 0.25) is 0 Å². The molecule has 19 heavy (non-hydrogen) atoms. The molecule has 0 bridgehead atoms. The highest BCUT2D eigenvalue weighted by atomic mass is 16.5. The predicted octanol–water partition coefficient (Wildman–Crippen LogP) is 3.19. The minimum atomic E-state index is -0.131. The predicted molar refractivity (Wildman–Crippen MR) is 75.3 cm³/mol. The topological polar surface area (TPSA) is 38.3 Å². The molecule has 1 amide bonds. The fourth-order valence-electron chi connectivity index (χ4n) is 1.93. The van der Waals surface area contributed by atoms with E-state index in [1.54, 1.807) is 19.2 Å². The molecule has 1 atom stereocenters. The van der Waals surface area contributed by atoms with Crippen molar-refractivity contribution in [2.24, 2.45) is 0 Å². The summed E-state index contributed by atoms with van der Waals surface area (Å²) in [6.45, 7) is 1.96. The number of hydrogen-bond acceptors (Lipinski definition) is 2. The number of para-hydroxylation sites is 1. The normalized spacial score (nSPS) is 11.7. The van der Waals surface area contributed by atoms with Gasteiger partial charge in [-0.25, -0.2) is 0 Å². The highest BCUT2D eigenvalue weighted by molar-refractivity contribution is 5.97. The van der Waals surface area contributed by atoms with Gasteiger partial charge in [-0.15, -0.1) is 0 Å².